The van der Waals surface area contributed by atoms with E-state index in [2.05, 4.69) is 15.4 Å². The molecule has 1 aliphatic heterocycles. The summed E-state index contributed by atoms with van der Waals surface area (Å²) in [5, 5.41) is 14.0. The van der Waals surface area contributed by atoms with Gasteiger partial charge in [-0.15, -0.1) is 0 Å². The molecule has 7 heteroatoms. The standard InChI is InChI=1S/C9H14N2O5/c1-16-9(15)4-10-5-2-7(12)11-6(5)3-8(13)14/h5-6,10H,2-4H2,1H3,(H,11,12)(H,13,14)/t5-,6-/m1/s1. The highest BCUT2D eigenvalue weighted by molar-refractivity contribution is 5.81. The lowest BCUT2D eigenvalue weighted by Crippen LogP contribution is -2.44. The Morgan fingerprint density at radius 2 is 2.31 bits per heavy atom. The minimum atomic E-state index is -0.989. The number of hydrogen-bond donors (Lipinski definition) is 3. The highest BCUT2D eigenvalue weighted by atomic mass is 16.5. The Kier molecular flexibility index (Phi) is 4.24. The zero-order chi connectivity index (χ0) is 12.1. The maximum absolute atomic E-state index is 11.1. The summed E-state index contributed by atoms with van der Waals surface area (Å²) in [6.07, 6.45) is 0.0134. The molecular weight excluding hydrogens is 216 g/mol. The summed E-state index contributed by atoms with van der Waals surface area (Å²) in [5.41, 5.74) is 0. The van der Waals surface area contributed by atoms with Crippen molar-refractivity contribution in [3.8, 4) is 0 Å². The number of amides is 1. The van der Waals surface area contributed by atoms with Gasteiger partial charge in [-0.2, -0.15) is 0 Å². The number of carbonyl (C=O) groups is 3. The van der Waals surface area contributed by atoms with Crippen molar-refractivity contribution in [3.05, 3.63) is 0 Å². The number of carboxylic acids is 1. The van der Waals surface area contributed by atoms with Crippen molar-refractivity contribution >= 4 is 17.8 Å². The quantitative estimate of drug-likeness (QED) is 0.495. The normalized spacial score (nSPS) is 23.9. The van der Waals surface area contributed by atoms with Gasteiger partial charge in [0, 0.05) is 12.5 Å². The second-order valence-corrected chi connectivity index (χ2v) is 3.54. The molecule has 0 aromatic heterocycles. The molecule has 1 rings (SSSR count). The van der Waals surface area contributed by atoms with Gasteiger partial charge in [-0.25, -0.2) is 0 Å². The predicted octanol–water partition coefficient (Wildman–Crippen LogP) is -1.52. The van der Waals surface area contributed by atoms with Gasteiger partial charge in [0.25, 0.3) is 0 Å². The lowest BCUT2D eigenvalue weighted by molar-refractivity contribution is -0.139. The zero-order valence-corrected chi connectivity index (χ0v) is 8.86. The first-order chi connectivity index (χ1) is 7.52. The van der Waals surface area contributed by atoms with Crippen molar-refractivity contribution in [2.75, 3.05) is 13.7 Å². The third-order valence-corrected chi connectivity index (χ3v) is 2.37. The van der Waals surface area contributed by atoms with E-state index in [4.69, 9.17) is 5.11 Å². The molecule has 0 bridgehead atoms. The summed E-state index contributed by atoms with van der Waals surface area (Å²) in [6, 6.07) is -0.822. The molecule has 0 aromatic carbocycles. The lowest BCUT2D eigenvalue weighted by atomic mass is 10.1. The molecule has 1 fully saturated rings. The third kappa shape index (κ3) is 3.50. The molecule has 0 saturated carbocycles. The van der Waals surface area contributed by atoms with E-state index in [1.54, 1.807) is 0 Å². The number of aliphatic carboxylic acids is 1. The van der Waals surface area contributed by atoms with E-state index in [-0.39, 0.29) is 31.3 Å². The highest BCUT2D eigenvalue weighted by Gasteiger charge is 2.33. The molecule has 90 valence electrons. The van der Waals surface area contributed by atoms with Crippen LogP contribution in [0.1, 0.15) is 12.8 Å². The fourth-order valence-electron chi connectivity index (χ4n) is 1.59. The summed E-state index contributed by atoms with van der Waals surface area (Å²) in [6.45, 7) is -0.0355. The molecule has 0 radical (unpaired) electrons. The van der Waals surface area contributed by atoms with Crippen molar-refractivity contribution in [1.29, 1.82) is 0 Å². The van der Waals surface area contributed by atoms with Gasteiger partial charge in [0.05, 0.1) is 26.1 Å². The zero-order valence-electron chi connectivity index (χ0n) is 8.86. The van der Waals surface area contributed by atoms with Crippen molar-refractivity contribution in [2.24, 2.45) is 0 Å². The number of esters is 1. The monoisotopic (exact) mass is 230 g/mol. The number of nitrogens with one attached hydrogen (secondary N) is 2. The Morgan fingerprint density at radius 1 is 1.62 bits per heavy atom. The Bertz CT molecular complexity index is 304. The highest BCUT2D eigenvalue weighted by Crippen LogP contribution is 2.11. The Labute approximate surface area is 92.1 Å². The van der Waals surface area contributed by atoms with Crippen molar-refractivity contribution in [2.45, 2.75) is 24.9 Å². The van der Waals surface area contributed by atoms with Crippen LogP contribution in [0.5, 0.6) is 0 Å². The molecule has 0 aliphatic carbocycles. The second kappa shape index (κ2) is 5.45. The van der Waals surface area contributed by atoms with Crippen LogP contribution in [0.2, 0.25) is 0 Å². The molecular formula is C9H14N2O5. The molecule has 3 N–H and O–H groups in total. The van der Waals surface area contributed by atoms with Crippen LogP contribution in [-0.2, 0) is 19.1 Å². The fraction of sp³-hybridized carbons (Fsp3) is 0.667. The van der Waals surface area contributed by atoms with Gasteiger partial charge in [0.2, 0.25) is 5.91 Å². The molecule has 1 amide bonds. The van der Waals surface area contributed by atoms with E-state index in [1.165, 1.54) is 7.11 Å². The summed E-state index contributed by atoms with van der Waals surface area (Å²) < 4.78 is 4.43. The van der Waals surface area contributed by atoms with Gasteiger partial charge in [0.15, 0.2) is 0 Å². The van der Waals surface area contributed by atoms with Gasteiger partial charge in [-0.3, -0.25) is 14.4 Å². The first-order valence-electron chi connectivity index (χ1n) is 4.84. The van der Waals surface area contributed by atoms with Crippen LogP contribution in [0, 0.1) is 0 Å². The van der Waals surface area contributed by atoms with E-state index in [0.717, 1.165) is 0 Å². The molecule has 1 heterocycles. The van der Waals surface area contributed by atoms with Crippen LogP contribution < -0.4 is 10.6 Å². The fourth-order valence-corrected chi connectivity index (χ4v) is 1.59. The van der Waals surface area contributed by atoms with Gasteiger partial charge >= 0.3 is 11.9 Å². The largest absolute Gasteiger partial charge is 0.481 e. The Balaban J connectivity index is 2.46. The molecule has 1 aliphatic rings. The van der Waals surface area contributed by atoms with E-state index in [0.29, 0.717) is 0 Å². The Morgan fingerprint density at radius 3 is 2.88 bits per heavy atom. The Hall–Kier alpha value is -1.63. The minimum Gasteiger partial charge on any atom is -0.481 e. The van der Waals surface area contributed by atoms with Gasteiger partial charge < -0.3 is 20.5 Å². The van der Waals surface area contributed by atoms with Crippen LogP contribution in [-0.4, -0.2) is 48.7 Å². The summed E-state index contributed by atoms with van der Waals surface area (Å²) >= 11 is 0. The number of carbonyl (C=O) groups excluding carboxylic acids is 2. The molecule has 7 nitrogen and oxygen atoms in total. The van der Waals surface area contributed by atoms with Crippen molar-refractivity contribution < 1.29 is 24.2 Å². The third-order valence-electron chi connectivity index (χ3n) is 2.37. The number of hydrogen-bond acceptors (Lipinski definition) is 5. The minimum absolute atomic E-state index is 0.0355. The average Bonchev–Trinajstić information content (AvgIpc) is 2.54. The van der Waals surface area contributed by atoms with Gasteiger partial charge in [0.1, 0.15) is 0 Å². The van der Waals surface area contributed by atoms with Crippen LogP contribution in [0.3, 0.4) is 0 Å². The number of rotatable bonds is 5. The molecule has 0 spiro atoms. The van der Waals surface area contributed by atoms with Crippen molar-refractivity contribution in [1.82, 2.24) is 10.6 Å². The smallest absolute Gasteiger partial charge is 0.319 e. The van der Waals surface area contributed by atoms with Crippen LogP contribution >= 0.6 is 0 Å². The van der Waals surface area contributed by atoms with Gasteiger partial charge in [-0.05, 0) is 0 Å². The summed E-state index contributed by atoms with van der Waals surface area (Å²) in [4.78, 5) is 32.5. The van der Waals surface area contributed by atoms with Gasteiger partial charge in [-0.1, -0.05) is 0 Å². The molecule has 0 aromatic rings. The lowest BCUT2D eigenvalue weighted by Gasteiger charge is -2.17. The van der Waals surface area contributed by atoms with E-state index >= 15 is 0 Å². The van der Waals surface area contributed by atoms with Crippen LogP contribution in [0.25, 0.3) is 0 Å². The second-order valence-electron chi connectivity index (χ2n) is 3.54. The molecule has 16 heavy (non-hydrogen) atoms. The average molecular weight is 230 g/mol. The SMILES string of the molecule is COC(=O)CN[C@@H]1CC(=O)N[C@@H]1CC(=O)O. The van der Waals surface area contributed by atoms with E-state index < -0.39 is 18.0 Å². The van der Waals surface area contributed by atoms with E-state index in [9.17, 15) is 14.4 Å². The molecule has 2 atom stereocenters. The summed E-state index contributed by atoms with van der Waals surface area (Å²) in [7, 11) is 1.26. The van der Waals surface area contributed by atoms with Crippen LogP contribution in [0.15, 0.2) is 0 Å². The molecule has 0 unspecified atom stereocenters. The number of methoxy groups -OCH3 is 1. The first kappa shape index (κ1) is 12.4. The van der Waals surface area contributed by atoms with Crippen molar-refractivity contribution in [3.63, 3.8) is 0 Å². The maximum Gasteiger partial charge on any atom is 0.319 e. The maximum atomic E-state index is 11.1. The summed E-state index contributed by atoms with van der Waals surface area (Å²) in [5.74, 6) is -1.65. The topological polar surface area (TPSA) is 105 Å². The molecule has 1 saturated heterocycles. The number of carboxylic acid groups (broad SMARTS) is 1. The number of ether oxygens (including phenoxy) is 1. The van der Waals surface area contributed by atoms with Crippen LogP contribution in [0.4, 0.5) is 0 Å². The van der Waals surface area contributed by atoms with E-state index in [1.807, 2.05) is 0 Å². The first-order valence-corrected chi connectivity index (χ1v) is 4.84. The predicted molar refractivity (Wildman–Crippen MR) is 52.6 cm³/mol.